The second kappa shape index (κ2) is 4.48. The lowest BCUT2D eigenvalue weighted by Crippen LogP contribution is -2.21. The zero-order chi connectivity index (χ0) is 10.7. The van der Waals surface area contributed by atoms with Gasteiger partial charge < -0.3 is 9.84 Å². The molecule has 0 aliphatic carbocycles. The highest BCUT2D eigenvalue weighted by Crippen LogP contribution is 2.28. The van der Waals surface area contributed by atoms with E-state index in [0.29, 0.717) is 0 Å². The van der Waals surface area contributed by atoms with Crippen molar-refractivity contribution < 1.29 is 19.0 Å². The van der Waals surface area contributed by atoms with Gasteiger partial charge >= 0.3 is 12.3 Å². The van der Waals surface area contributed by atoms with E-state index >= 15 is 0 Å². The Hall–Kier alpha value is -1.000. The molecule has 0 spiro atoms. The number of benzene rings is 1. The molecule has 76 valence electrons. The molecule has 0 saturated carbocycles. The maximum Gasteiger partial charge on any atom is 0.378 e. The Morgan fingerprint density at radius 3 is 2.71 bits per heavy atom. The largest absolute Gasteiger partial charge is 0.476 e. The van der Waals surface area contributed by atoms with Crippen LogP contribution in [0.3, 0.4) is 0 Å². The quantitative estimate of drug-likeness (QED) is 0.881. The fourth-order valence-electron chi connectivity index (χ4n) is 0.729. The van der Waals surface area contributed by atoms with Crippen LogP contribution < -0.4 is 4.74 Å². The van der Waals surface area contributed by atoms with Crippen molar-refractivity contribution in [1.82, 2.24) is 0 Å². The van der Waals surface area contributed by atoms with E-state index in [-0.39, 0.29) is 15.8 Å². The molecule has 6 heteroatoms. The highest BCUT2D eigenvalue weighted by molar-refractivity contribution is 6.34. The molecule has 1 aromatic rings. The number of ether oxygens (including phenoxy) is 1. The van der Waals surface area contributed by atoms with Crippen molar-refractivity contribution in [1.29, 1.82) is 0 Å². The normalized spacial score (nSPS) is 12.2. The first kappa shape index (κ1) is 11.1. The summed E-state index contributed by atoms with van der Waals surface area (Å²) in [5, 5.41) is 8.60. The summed E-state index contributed by atoms with van der Waals surface area (Å²) >= 11 is 11.2. The topological polar surface area (TPSA) is 46.5 Å². The maximum atomic E-state index is 12.6. The standard InChI is InChI=1S/C8H5Cl2FO3/c9-4-1-2-5(10)6(3-4)14-7(11)8(12)13/h1-3,7H,(H,12,13). The number of aliphatic carboxylic acids is 1. The lowest BCUT2D eigenvalue weighted by Gasteiger charge is -2.08. The number of alkyl halides is 1. The number of carboxylic acids is 1. The van der Waals surface area contributed by atoms with Crippen LogP contribution in [0.4, 0.5) is 4.39 Å². The van der Waals surface area contributed by atoms with E-state index in [2.05, 4.69) is 4.74 Å². The van der Waals surface area contributed by atoms with Crippen molar-refractivity contribution in [3.05, 3.63) is 28.2 Å². The van der Waals surface area contributed by atoms with Crippen LogP contribution in [0.25, 0.3) is 0 Å². The molecule has 0 fully saturated rings. The summed E-state index contributed by atoms with van der Waals surface area (Å²) < 4.78 is 17.0. The third kappa shape index (κ3) is 2.75. The summed E-state index contributed by atoms with van der Waals surface area (Å²) in [4.78, 5) is 10.1. The molecule has 0 amide bonds. The number of carboxylic acid groups (broad SMARTS) is 1. The molecular formula is C8H5Cl2FO3. The van der Waals surface area contributed by atoms with E-state index in [1.165, 1.54) is 18.2 Å². The molecular weight excluding hydrogens is 234 g/mol. The number of hydrogen-bond acceptors (Lipinski definition) is 2. The fourth-order valence-corrected chi connectivity index (χ4v) is 1.05. The second-order valence-corrected chi connectivity index (χ2v) is 3.19. The van der Waals surface area contributed by atoms with Crippen LogP contribution in [0.1, 0.15) is 0 Å². The molecule has 0 heterocycles. The van der Waals surface area contributed by atoms with Gasteiger partial charge in [0, 0.05) is 11.1 Å². The summed E-state index contributed by atoms with van der Waals surface area (Å²) in [6, 6.07) is 4.10. The molecule has 1 unspecified atom stereocenters. The Balaban J connectivity index is 2.85. The first-order valence-corrected chi connectivity index (χ1v) is 4.25. The molecule has 3 nitrogen and oxygen atoms in total. The van der Waals surface area contributed by atoms with Crippen LogP contribution in [0, 0.1) is 0 Å². The van der Waals surface area contributed by atoms with Gasteiger partial charge in [-0.15, -0.1) is 0 Å². The van der Waals surface area contributed by atoms with Gasteiger partial charge in [0.2, 0.25) is 0 Å². The Bertz CT molecular complexity index is 356. The van der Waals surface area contributed by atoms with E-state index in [9.17, 15) is 9.18 Å². The lowest BCUT2D eigenvalue weighted by atomic mass is 10.3. The second-order valence-electron chi connectivity index (χ2n) is 2.35. The van der Waals surface area contributed by atoms with E-state index in [4.69, 9.17) is 28.3 Å². The average Bonchev–Trinajstić information content (AvgIpc) is 2.11. The van der Waals surface area contributed by atoms with Crippen LogP contribution in [-0.4, -0.2) is 17.4 Å². The summed E-state index contributed by atoms with van der Waals surface area (Å²) in [6.45, 7) is 0. The Morgan fingerprint density at radius 1 is 1.50 bits per heavy atom. The van der Waals surface area contributed by atoms with E-state index < -0.39 is 12.3 Å². The monoisotopic (exact) mass is 238 g/mol. The molecule has 0 bridgehead atoms. The SMILES string of the molecule is O=C(O)C(F)Oc1cc(Cl)ccc1Cl. The first-order valence-electron chi connectivity index (χ1n) is 3.49. The van der Waals surface area contributed by atoms with Gasteiger partial charge in [-0.3, -0.25) is 0 Å². The van der Waals surface area contributed by atoms with E-state index in [1.807, 2.05) is 0 Å². The molecule has 14 heavy (non-hydrogen) atoms. The minimum absolute atomic E-state index is 0.0956. The molecule has 0 aromatic heterocycles. The predicted molar refractivity (Wildman–Crippen MR) is 49.6 cm³/mol. The zero-order valence-corrected chi connectivity index (χ0v) is 8.22. The minimum Gasteiger partial charge on any atom is -0.476 e. The van der Waals surface area contributed by atoms with E-state index in [0.717, 1.165) is 0 Å². The predicted octanol–water partition coefficient (Wildman–Crippen LogP) is 2.75. The third-order valence-electron chi connectivity index (χ3n) is 1.32. The van der Waals surface area contributed by atoms with Crippen LogP contribution in [-0.2, 0) is 4.79 Å². The molecule has 0 aliphatic heterocycles. The smallest absolute Gasteiger partial charge is 0.378 e. The van der Waals surface area contributed by atoms with Crippen LogP contribution in [0.15, 0.2) is 18.2 Å². The molecule has 1 rings (SSSR count). The zero-order valence-electron chi connectivity index (χ0n) is 6.71. The average molecular weight is 239 g/mol. The van der Waals surface area contributed by atoms with Crippen molar-refractivity contribution in [2.45, 2.75) is 6.36 Å². The van der Waals surface area contributed by atoms with Gasteiger partial charge in [-0.05, 0) is 12.1 Å². The number of hydrogen-bond donors (Lipinski definition) is 1. The van der Waals surface area contributed by atoms with Crippen molar-refractivity contribution >= 4 is 29.2 Å². The van der Waals surface area contributed by atoms with Gasteiger partial charge in [-0.25, -0.2) is 4.79 Å². The number of carbonyl (C=O) groups is 1. The summed E-state index contributed by atoms with van der Waals surface area (Å²) in [7, 11) is 0. The Morgan fingerprint density at radius 2 is 2.14 bits per heavy atom. The van der Waals surface area contributed by atoms with Crippen molar-refractivity contribution in [3.8, 4) is 5.75 Å². The number of halogens is 3. The van der Waals surface area contributed by atoms with Crippen LogP contribution in [0.2, 0.25) is 10.0 Å². The van der Waals surface area contributed by atoms with Gasteiger partial charge in [0.1, 0.15) is 5.75 Å². The first-order chi connectivity index (χ1) is 6.50. The maximum absolute atomic E-state index is 12.6. The van der Waals surface area contributed by atoms with Gasteiger partial charge in [0.25, 0.3) is 0 Å². The minimum atomic E-state index is -2.45. The summed E-state index contributed by atoms with van der Waals surface area (Å²) in [5.41, 5.74) is 0. The lowest BCUT2D eigenvalue weighted by molar-refractivity contribution is -0.153. The summed E-state index contributed by atoms with van der Waals surface area (Å²) in [5.74, 6) is -1.82. The van der Waals surface area contributed by atoms with Crippen molar-refractivity contribution in [2.75, 3.05) is 0 Å². The van der Waals surface area contributed by atoms with Crippen molar-refractivity contribution in [3.63, 3.8) is 0 Å². The highest BCUT2D eigenvalue weighted by Gasteiger charge is 2.18. The van der Waals surface area contributed by atoms with Crippen molar-refractivity contribution in [2.24, 2.45) is 0 Å². The molecule has 1 aromatic carbocycles. The van der Waals surface area contributed by atoms with Crippen LogP contribution >= 0.6 is 23.2 Å². The highest BCUT2D eigenvalue weighted by atomic mass is 35.5. The number of rotatable bonds is 3. The Kier molecular flexibility index (Phi) is 3.55. The Labute approximate surface area is 89.0 Å². The van der Waals surface area contributed by atoms with E-state index in [1.54, 1.807) is 0 Å². The third-order valence-corrected chi connectivity index (χ3v) is 1.87. The molecule has 0 radical (unpaired) electrons. The van der Waals surface area contributed by atoms with Gasteiger partial charge in [-0.2, -0.15) is 4.39 Å². The molecule has 1 N–H and O–H groups in total. The van der Waals surface area contributed by atoms with Gasteiger partial charge in [0.05, 0.1) is 5.02 Å². The van der Waals surface area contributed by atoms with Gasteiger partial charge in [0.15, 0.2) is 0 Å². The molecule has 0 saturated heterocycles. The van der Waals surface area contributed by atoms with Crippen LogP contribution in [0.5, 0.6) is 5.75 Å². The summed E-state index contributed by atoms with van der Waals surface area (Å²) in [6.07, 6.45) is -2.45. The van der Waals surface area contributed by atoms with Gasteiger partial charge in [-0.1, -0.05) is 23.2 Å². The molecule has 1 atom stereocenters. The molecule has 0 aliphatic rings. The fraction of sp³-hybridized carbons (Fsp3) is 0.125.